The fourth-order valence-electron chi connectivity index (χ4n) is 0.887. The summed E-state index contributed by atoms with van der Waals surface area (Å²) in [6, 6.07) is 0. The molecule has 0 aromatic carbocycles. The van der Waals surface area contributed by atoms with Gasteiger partial charge in [-0.25, -0.2) is 17.6 Å². The van der Waals surface area contributed by atoms with Gasteiger partial charge in [-0.1, -0.05) is 0 Å². The van der Waals surface area contributed by atoms with Crippen LogP contribution in [0.2, 0.25) is 0 Å². The van der Waals surface area contributed by atoms with Gasteiger partial charge in [0.25, 0.3) is 5.92 Å². The van der Waals surface area contributed by atoms with Crippen molar-refractivity contribution in [2.45, 2.75) is 43.7 Å². The molecule has 0 aliphatic rings. The van der Waals surface area contributed by atoms with Crippen LogP contribution in [0.5, 0.6) is 0 Å². The van der Waals surface area contributed by atoms with E-state index in [9.17, 15) is 39.5 Å². The quantitative estimate of drug-likeness (QED) is 0.674. The number of hydrogen-bond acceptors (Lipinski definition) is 0. The Kier molecular flexibility index (Phi) is 4.15. The van der Waals surface area contributed by atoms with Crippen LogP contribution in [0.15, 0.2) is 0 Å². The molecule has 0 N–H and O–H groups in total. The predicted molar refractivity (Wildman–Crippen MR) is 36.0 cm³/mol. The Morgan fingerprint density at radius 2 is 1.25 bits per heavy atom. The summed E-state index contributed by atoms with van der Waals surface area (Å²) < 4.78 is 108. The molecule has 0 saturated carbocycles. The van der Waals surface area contributed by atoms with E-state index in [4.69, 9.17) is 0 Å². The van der Waals surface area contributed by atoms with Crippen LogP contribution in [0.3, 0.4) is 0 Å². The Balaban J connectivity index is 4.97. The molecule has 0 saturated heterocycles. The molecule has 98 valence electrons. The molecule has 16 heavy (non-hydrogen) atoms. The van der Waals surface area contributed by atoms with E-state index in [1.54, 1.807) is 0 Å². The van der Waals surface area contributed by atoms with Crippen molar-refractivity contribution in [2.24, 2.45) is 0 Å². The number of hydrogen-bond donors (Lipinski definition) is 0. The van der Waals surface area contributed by atoms with Crippen molar-refractivity contribution in [1.29, 1.82) is 0 Å². The Morgan fingerprint density at radius 1 is 0.875 bits per heavy atom. The van der Waals surface area contributed by atoms with Crippen molar-refractivity contribution in [1.82, 2.24) is 0 Å². The van der Waals surface area contributed by atoms with Crippen molar-refractivity contribution in [3.63, 3.8) is 0 Å². The molecule has 0 aromatic rings. The van der Waals surface area contributed by atoms with E-state index in [0.717, 1.165) is 0 Å². The van der Waals surface area contributed by atoms with E-state index in [1.165, 1.54) is 0 Å². The molecule has 0 bridgehead atoms. The van der Waals surface area contributed by atoms with Gasteiger partial charge in [-0.15, -0.1) is 0 Å². The average Bonchev–Trinajstić information content (AvgIpc) is 1.98. The van der Waals surface area contributed by atoms with Crippen LogP contribution in [0.25, 0.3) is 0 Å². The summed E-state index contributed by atoms with van der Waals surface area (Å²) in [6.45, 7) is 0.492. The van der Waals surface area contributed by atoms with Gasteiger partial charge >= 0.3 is 12.1 Å². The first-order valence-electron chi connectivity index (χ1n) is 3.93. The highest BCUT2D eigenvalue weighted by Crippen LogP contribution is 2.46. The first kappa shape index (κ1) is 15.4. The third kappa shape index (κ3) is 3.18. The summed E-state index contributed by atoms with van der Waals surface area (Å²) in [7, 11) is 0. The molecule has 0 fully saturated rings. The van der Waals surface area contributed by atoms with Gasteiger partial charge in [0.1, 0.15) is 6.17 Å². The van der Waals surface area contributed by atoms with Crippen LogP contribution in [-0.4, -0.2) is 30.4 Å². The lowest BCUT2D eigenvalue weighted by Crippen LogP contribution is -2.53. The molecule has 0 spiro atoms. The van der Waals surface area contributed by atoms with Crippen LogP contribution >= 0.6 is 0 Å². The maximum atomic E-state index is 12.5. The van der Waals surface area contributed by atoms with Crippen molar-refractivity contribution in [2.75, 3.05) is 0 Å². The third-order valence-electron chi connectivity index (χ3n) is 1.62. The number of halogens is 9. The minimum absolute atomic E-state index is 0.492. The van der Waals surface area contributed by atoms with Gasteiger partial charge in [0, 0.05) is 6.42 Å². The van der Waals surface area contributed by atoms with Crippen molar-refractivity contribution < 1.29 is 39.5 Å². The van der Waals surface area contributed by atoms with E-state index >= 15 is 0 Å². The fourth-order valence-corrected chi connectivity index (χ4v) is 0.887. The first-order chi connectivity index (χ1) is 6.82. The highest BCUT2D eigenvalue weighted by atomic mass is 19.4. The molecule has 0 amide bonds. The summed E-state index contributed by atoms with van der Waals surface area (Å²) >= 11 is 0. The van der Waals surface area contributed by atoms with Crippen molar-refractivity contribution >= 4 is 0 Å². The molecular weight excluding hydrogens is 255 g/mol. The standard InChI is InChI=1S/C7H7F9/c1-3(8)2-5(10,11)4(9)6(12,13)7(14,15)16/h3-4H,2H2,1H3. The third-order valence-corrected chi connectivity index (χ3v) is 1.62. The normalized spacial score (nSPS) is 18.4. The summed E-state index contributed by atoms with van der Waals surface area (Å²) in [6.07, 6.45) is -15.7. The molecule has 9 heteroatoms. The van der Waals surface area contributed by atoms with E-state index in [-0.39, 0.29) is 0 Å². The maximum absolute atomic E-state index is 12.5. The van der Waals surface area contributed by atoms with Gasteiger partial charge in [0.2, 0.25) is 6.17 Å². The second kappa shape index (κ2) is 4.33. The molecule has 0 heterocycles. The van der Waals surface area contributed by atoms with Gasteiger partial charge in [-0.2, -0.15) is 22.0 Å². The molecule has 0 aliphatic heterocycles. The molecule has 0 rings (SSSR count). The number of rotatable bonds is 4. The van der Waals surface area contributed by atoms with Crippen LogP contribution in [0.4, 0.5) is 39.5 Å². The predicted octanol–water partition coefficient (Wildman–Crippen LogP) is 3.91. The maximum Gasteiger partial charge on any atom is 0.456 e. The largest absolute Gasteiger partial charge is 0.456 e. The van der Waals surface area contributed by atoms with Crippen LogP contribution in [0, 0.1) is 0 Å². The molecule has 0 radical (unpaired) electrons. The minimum atomic E-state index is -6.45. The summed E-state index contributed by atoms with van der Waals surface area (Å²) in [5.41, 5.74) is 0. The lowest BCUT2D eigenvalue weighted by molar-refractivity contribution is -0.328. The average molecular weight is 262 g/mol. The van der Waals surface area contributed by atoms with Gasteiger partial charge in [0.15, 0.2) is 0 Å². The fraction of sp³-hybridized carbons (Fsp3) is 1.00. The summed E-state index contributed by atoms with van der Waals surface area (Å²) in [5, 5.41) is 0. The van der Waals surface area contributed by atoms with E-state index in [2.05, 4.69) is 0 Å². The molecule has 0 nitrogen and oxygen atoms in total. The van der Waals surface area contributed by atoms with Crippen LogP contribution in [-0.2, 0) is 0 Å². The molecule has 0 aromatic heterocycles. The van der Waals surface area contributed by atoms with E-state index in [0.29, 0.717) is 6.92 Å². The van der Waals surface area contributed by atoms with Gasteiger partial charge in [0.05, 0.1) is 0 Å². The van der Waals surface area contributed by atoms with Gasteiger partial charge < -0.3 is 0 Å². The Hall–Kier alpha value is -0.630. The van der Waals surface area contributed by atoms with E-state index < -0.39 is 36.8 Å². The molecule has 2 atom stereocenters. The first-order valence-corrected chi connectivity index (χ1v) is 3.93. The Bertz CT molecular complexity index is 229. The second-order valence-corrected chi connectivity index (χ2v) is 3.23. The van der Waals surface area contributed by atoms with Crippen LogP contribution < -0.4 is 0 Å². The van der Waals surface area contributed by atoms with Gasteiger partial charge in [-0.3, -0.25) is 0 Å². The molecular formula is C7H7F9. The molecule has 0 aliphatic carbocycles. The zero-order valence-corrected chi connectivity index (χ0v) is 7.76. The smallest absolute Gasteiger partial charge is 0.248 e. The topological polar surface area (TPSA) is 0 Å². The highest BCUT2D eigenvalue weighted by Gasteiger charge is 2.70. The zero-order chi connectivity index (χ0) is 13.4. The van der Waals surface area contributed by atoms with E-state index in [1.807, 2.05) is 0 Å². The van der Waals surface area contributed by atoms with Crippen molar-refractivity contribution in [3.8, 4) is 0 Å². The second-order valence-electron chi connectivity index (χ2n) is 3.23. The minimum Gasteiger partial charge on any atom is -0.248 e. The SMILES string of the molecule is CC(F)CC(F)(F)C(F)C(F)(F)C(F)(F)F. The lowest BCUT2D eigenvalue weighted by Gasteiger charge is -2.29. The number of alkyl halides is 9. The monoisotopic (exact) mass is 262 g/mol. The summed E-state index contributed by atoms with van der Waals surface area (Å²) in [4.78, 5) is 0. The Labute approximate surface area is 84.4 Å². The summed E-state index contributed by atoms with van der Waals surface area (Å²) in [5.74, 6) is -11.3. The highest BCUT2D eigenvalue weighted by molar-refractivity contribution is 4.94. The van der Waals surface area contributed by atoms with Crippen molar-refractivity contribution in [3.05, 3.63) is 0 Å². The zero-order valence-electron chi connectivity index (χ0n) is 7.76. The van der Waals surface area contributed by atoms with Gasteiger partial charge in [-0.05, 0) is 6.92 Å². The molecule has 2 unspecified atom stereocenters. The Morgan fingerprint density at radius 3 is 1.50 bits per heavy atom. The lowest BCUT2D eigenvalue weighted by atomic mass is 10.0. The van der Waals surface area contributed by atoms with Crippen LogP contribution in [0.1, 0.15) is 13.3 Å².